The SMILES string of the molecule is Cc1nc(C2CC2)nc2sc(C(=O)NCc3ccc(OCc4cccnc4)cc3)c(C)c12. The van der Waals surface area contributed by atoms with Crippen LogP contribution >= 0.6 is 11.3 Å². The van der Waals surface area contributed by atoms with E-state index in [1.165, 1.54) is 11.3 Å². The predicted octanol–water partition coefficient (Wildman–Crippen LogP) is 5.09. The van der Waals surface area contributed by atoms with E-state index in [9.17, 15) is 4.79 Å². The fraction of sp³-hybridized carbons (Fsp3) is 0.280. The Kier molecular flexibility index (Phi) is 5.57. The summed E-state index contributed by atoms with van der Waals surface area (Å²) < 4.78 is 5.79. The molecule has 0 bridgehead atoms. The van der Waals surface area contributed by atoms with Gasteiger partial charge in [0.1, 0.15) is 23.0 Å². The van der Waals surface area contributed by atoms with Crippen LogP contribution in [0.2, 0.25) is 0 Å². The molecular formula is C25H24N4O2S. The summed E-state index contributed by atoms with van der Waals surface area (Å²) in [5, 5.41) is 4.05. The molecule has 0 unspecified atom stereocenters. The molecule has 1 amide bonds. The minimum atomic E-state index is -0.0743. The molecule has 1 aromatic carbocycles. The van der Waals surface area contributed by atoms with Gasteiger partial charge in [0.25, 0.3) is 5.91 Å². The Morgan fingerprint density at radius 2 is 1.94 bits per heavy atom. The molecule has 1 aliphatic rings. The lowest BCUT2D eigenvalue weighted by atomic mass is 10.1. The van der Waals surface area contributed by atoms with Crippen LogP contribution in [-0.4, -0.2) is 20.9 Å². The van der Waals surface area contributed by atoms with Gasteiger partial charge in [-0.15, -0.1) is 11.3 Å². The van der Waals surface area contributed by atoms with Gasteiger partial charge in [0.15, 0.2) is 0 Å². The summed E-state index contributed by atoms with van der Waals surface area (Å²) in [5.41, 5.74) is 3.96. The van der Waals surface area contributed by atoms with Gasteiger partial charge in [-0.1, -0.05) is 18.2 Å². The molecule has 7 heteroatoms. The van der Waals surface area contributed by atoms with E-state index in [1.54, 1.807) is 12.4 Å². The maximum Gasteiger partial charge on any atom is 0.261 e. The highest BCUT2D eigenvalue weighted by Gasteiger charge is 2.28. The maximum atomic E-state index is 12.9. The fourth-order valence-electron chi connectivity index (χ4n) is 3.72. The molecule has 1 N–H and O–H groups in total. The zero-order chi connectivity index (χ0) is 22.1. The average Bonchev–Trinajstić information content (AvgIpc) is 3.61. The van der Waals surface area contributed by atoms with Crippen molar-refractivity contribution in [1.29, 1.82) is 0 Å². The van der Waals surface area contributed by atoms with E-state index in [2.05, 4.69) is 15.3 Å². The van der Waals surface area contributed by atoms with E-state index in [1.807, 2.05) is 50.2 Å². The number of hydrogen-bond acceptors (Lipinski definition) is 6. The van der Waals surface area contributed by atoms with E-state index < -0.39 is 0 Å². The molecular weight excluding hydrogens is 420 g/mol. The lowest BCUT2D eigenvalue weighted by Crippen LogP contribution is -2.22. The largest absolute Gasteiger partial charge is 0.489 e. The number of nitrogens with one attached hydrogen (secondary N) is 1. The van der Waals surface area contributed by atoms with E-state index >= 15 is 0 Å². The summed E-state index contributed by atoms with van der Waals surface area (Å²) >= 11 is 1.46. The molecule has 1 aliphatic carbocycles. The number of ether oxygens (including phenoxy) is 1. The van der Waals surface area contributed by atoms with Crippen molar-refractivity contribution in [2.24, 2.45) is 0 Å². The fourth-order valence-corrected chi connectivity index (χ4v) is 4.87. The van der Waals surface area contributed by atoms with Crippen LogP contribution < -0.4 is 10.1 Å². The molecule has 0 saturated heterocycles. The lowest BCUT2D eigenvalue weighted by Gasteiger charge is -2.08. The summed E-state index contributed by atoms with van der Waals surface area (Å²) in [6.45, 7) is 4.91. The minimum Gasteiger partial charge on any atom is -0.489 e. The number of carbonyl (C=O) groups excluding carboxylic acids is 1. The van der Waals surface area contributed by atoms with Crippen molar-refractivity contribution >= 4 is 27.5 Å². The number of hydrogen-bond donors (Lipinski definition) is 1. The van der Waals surface area contributed by atoms with Gasteiger partial charge in [0, 0.05) is 35.8 Å². The highest BCUT2D eigenvalue weighted by atomic mass is 32.1. The molecule has 0 aliphatic heterocycles. The number of fused-ring (bicyclic) bond motifs is 1. The smallest absolute Gasteiger partial charge is 0.261 e. The van der Waals surface area contributed by atoms with E-state index in [-0.39, 0.29) is 5.91 Å². The standard InChI is InChI=1S/C25H24N4O2S/c1-15-21-16(2)28-23(19-7-8-19)29-25(21)32-22(15)24(30)27-13-17-5-9-20(10-6-17)31-14-18-4-3-11-26-12-18/h3-6,9-12,19H,7-8,13-14H2,1-2H3,(H,27,30). The summed E-state index contributed by atoms with van der Waals surface area (Å²) in [7, 11) is 0. The van der Waals surface area contributed by atoms with Crippen LogP contribution in [0.1, 0.15) is 56.6 Å². The minimum absolute atomic E-state index is 0.0743. The van der Waals surface area contributed by atoms with Gasteiger partial charge in [0.05, 0.1) is 10.6 Å². The number of amides is 1. The Hall–Kier alpha value is -3.32. The number of thiophene rings is 1. The molecule has 1 saturated carbocycles. The molecule has 0 radical (unpaired) electrons. The molecule has 0 spiro atoms. The molecule has 32 heavy (non-hydrogen) atoms. The van der Waals surface area contributed by atoms with Gasteiger partial charge >= 0.3 is 0 Å². The lowest BCUT2D eigenvalue weighted by molar-refractivity contribution is 0.0954. The monoisotopic (exact) mass is 444 g/mol. The van der Waals surface area contributed by atoms with Crippen molar-refractivity contribution in [3.05, 3.63) is 81.9 Å². The molecule has 3 aromatic heterocycles. The number of benzene rings is 1. The zero-order valence-corrected chi connectivity index (χ0v) is 18.9. The summed E-state index contributed by atoms with van der Waals surface area (Å²) in [6.07, 6.45) is 5.86. The molecule has 4 aromatic rings. The van der Waals surface area contributed by atoms with Crippen LogP contribution in [0, 0.1) is 13.8 Å². The van der Waals surface area contributed by atoms with Crippen molar-refractivity contribution in [1.82, 2.24) is 20.3 Å². The quantitative estimate of drug-likeness (QED) is 0.430. The van der Waals surface area contributed by atoms with Gasteiger partial charge in [-0.25, -0.2) is 9.97 Å². The van der Waals surface area contributed by atoms with Crippen molar-refractivity contribution in [2.75, 3.05) is 0 Å². The van der Waals surface area contributed by atoms with Gasteiger partial charge < -0.3 is 10.1 Å². The Morgan fingerprint density at radius 1 is 1.12 bits per heavy atom. The number of rotatable bonds is 7. The Balaban J connectivity index is 1.23. The van der Waals surface area contributed by atoms with E-state index in [0.29, 0.717) is 23.9 Å². The Morgan fingerprint density at radius 3 is 2.66 bits per heavy atom. The van der Waals surface area contributed by atoms with Crippen molar-refractivity contribution in [3.63, 3.8) is 0 Å². The first-order valence-corrected chi connectivity index (χ1v) is 11.6. The maximum absolute atomic E-state index is 12.9. The second-order valence-electron chi connectivity index (χ2n) is 8.15. The van der Waals surface area contributed by atoms with Crippen molar-refractivity contribution in [2.45, 2.75) is 45.8 Å². The third-order valence-electron chi connectivity index (χ3n) is 5.64. The number of aromatic nitrogens is 3. The first-order valence-electron chi connectivity index (χ1n) is 10.7. The van der Waals surface area contributed by atoms with Crippen LogP contribution in [0.3, 0.4) is 0 Å². The zero-order valence-electron chi connectivity index (χ0n) is 18.1. The number of nitrogens with zero attached hydrogens (tertiary/aromatic N) is 3. The van der Waals surface area contributed by atoms with Crippen LogP contribution in [0.5, 0.6) is 5.75 Å². The normalized spacial score (nSPS) is 13.3. The highest BCUT2D eigenvalue weighted by molar-refractivity contribution is 7.20. The predicted molar refractivity (Wildman–Crippen MR) is 125 cm³/mol. The first-order chi connectivity index (χ1) is 15.6. The Bertz CT molecular complexity index is 1260. The van der Waals surface area contributed by atoms with Crippen molar-refractivity contribution in [3.8, 4) is 5.75 Å². The Labute approximate surface area is 190 Å². The molecule has 3 heterocycles. The van der Waals surface area contributed by atoms with E-state index in [4.69, 9.17) is 9.72 Å². The van der Waals surface area contributed by atoms with Gasteiger partial charge in [0.2, 0.25) is 0 Å². The van der Waals surface area contributed by atoms with Gasteiger partial charge in [-0.2, -0.15) is 0 Å². The van der Waals surface area contributed by atoms with Gasteiger partial charge in [-0.05, 0) is 56.0 Å². The number of pyridine rings is 1. The molecule has 5 rings (SSSR count). The second-order valence-corrected chi connectivity index (χ2v) is 9.15. The molecule has 6 nitrogen and oxygen atoms in total. The van der Waals surface area contributed by atoms with Crippen LogP contribution in [0.25, 0.3) is 10.2 Å². The number of carbonyl (C=O) groups is 1. The summed E-state index contributed by atoms with van der Waals surface area (Å²) in [6, 6.07) is 11.6. The molecule has 1 fully saturated rings. The highest BCUT2D eigenvalue weighted by Crippen LogP contribution is 2.40. The average molecular weight is 445 g/mol. The van der Waals surface area contributed by atoms with Crippen LogP contribution in [-0.2, 0) is 13.2 Å². The number of aryl methyl sites for hydroxylation is 2. The summed E-state index contributed by atoms with van der Waals surface area (Å²) in [4.78, 5) is 28.0. The first kappa shape index (κ1) is 20.6. The summed E-state index contributed by atoms with van der Waals surface area (Å²) in [5.74, 6) is 2.13. The van der Waals surface area contributed by atoms with Crippen molar-refractivity contribution < 1.29 is 9.53 Å². The van der Waals surface area contributed by atoms with E-state index in [0.717, 1.165) is 57.0 Å². The molecule has 0 atom stereocenters. The topological polar surface area (TPSA) is 77.0 Å². The second kappa shape index (κ2) is 8.67. The third kappa shape index (κ3) is 4.34. The van der Waals surface area contributed by atoms with Crippen LogP contribution in [0.4, 0.5) is 0 Å². The van der Waals surface area contributed by atoms with Crippen LogP contribution in [0.15, 0.2) is 48.8 Å². The molecule has 162 valence electrons. The van der Waals surface area contributed by atoms with Gasteiger partial charge in [-0.3, -0.25) is 9.78 Å². The third-order valence-corrected chi connectivity index (χ3v) is 6.83.